The van der Waals surface area contributed by atoms with Gasteiger partial charge in [-0.05, 0) is 47.9 Å². The number of fused-ring (bicyclic) bond motifs is 1. The number of benzene rings is 1. The highest BCUT2D eigenvalue weighted by molar-refractivity contribution is 7.10. The van der Waals surface area contributed by atoms with Gasteiger partial charge in [-0.15, -0.1) is 17.9 Å². The van der Waals surface area contributed by atoms with Crippen LogP contribution in [0.4, 0.5) is 0 Å². The zero-order chi connectivity index (χ0) is 20.8. The normalized spacial score (nSPS) is 15.7. The molecule has 5 heteroatoms. The molecule has 0 fully saturated rings. The van der Waals surface area contributed by atoms with Gasteiger partial charge in [0.25, 0.3) is 0 Å². The lowest BCUT2D eigenvalue weighted by atomic mass is 9.90. The molecule has 2 aromatic rings. The number of nitrogens with zero attached hydrogens (tertiary/aromatic N) is 2. The molecule has 3 rings (SSSR count). The zero-order valence-electron chi connectivity index (χ0n) is 17.4. The highest BCUT2D eigenvalue weighted by Gasteiger charge is 2.34. The molecule has 0 N–H and O–H groups in total. The van der Waals surface area contributed by atoms with E-state index >= 15 is 0 Å². The third kappa shape index (κ3) is 4.78. The number of unbranched alkanes of at least 4 members (excludes halogenated alkanes) is 1. The third-order valence-electron chi connectivity index (χ3n) is 5.54. The van der Waals surface area contributed by atoms with Gasteiger partial charge in [0.2, 0.25) is 11.8 Å². The molecule has 0 saturated carbocycles. The minimum absolute atomic E-state index is 0.00167. The third-order valence-corrected chi connectivity index (χ3v) is 6.54. The topological polar surface area (TPSA) is 40.6 Å². The number of carbonyl (C=O) groups is 2. The second-order valence-electron chi connectivity index (χ2n) is 7.56. The summed E-state index contributed by atoms with van der Waals surface area (Å²) in [4.78, 5) is 30.9. The van der Waals surface area contributed by atoms with Crippen molar-refractivity contribution in [2.45, 2.75) is 45.6 Å². The largest absolute Gasteiger partial charge is 0.330 e. The van der Waals surface area contributed by atoms with Crippen LogP contribution in [-0.2, 0) is 16.0 Å². The minimum Gasteiger partial charge on any atom is -0.330 e. The molecule has 1 aliphatic rings. The Kier molecular flexibility index (Phi) is 7.26. The Morgan fingerprint density at radius 1 is 1.28 bits per heavy atom. The molecule has 0 saturated heterocycles. The molecule has 4 nitrogen and oxygen atoms in total. The SMILES string of the molecule is C=CCN(CC(=O)N1CCc2sccc2[C@H]1c1ccccc1C)C(=O)CCCC. The summed E-state index contributed by atoms with van der Waals surface area (Å²) >= 11 is 1.76. The van der Waals surface area contributed by atoms with Crippen molar-refractivity contribution in [1.82, 2.24) is 9.80 Å². The molecule has 0 aliphatic carbocycles. The summed E-state index contributed by atoms with van der Waals surface area (Å²) in [5.41, 5.74) is 3.56. The van der Waals surface area contributed by atoms with E-state index in [1.165, 1.54) is 16.0 Å². The fourth-order valence-electron chi connectivity index (χ4n) is 3.96. The van der Waals surface area contributed by atoms with Crippen molar-refractivity contribution in [1.29, 1.82) is 0 Å². The second kappa shape index (κ2) is 9.88. The van der Waals surface area contributed by atoms with Crippen LogP contribution in [0.5, 0.6) is 0 Å². The van der Waals surface area contributed by atoms with Gasteiger partial charge in [-0.2, -0.15) is 0 Å². The van der Waals surface area contributed by atoms with E-state index in [2.05, 4.69) is 44.0 Å². The number of aryl methyl sites for hydroxylation is 1. The van der Waals surface area contributed by atoms with E-state index in [0.29, 0.717) is 19.5 Å². The van der Waals surface area contributed by atoms with Gasteiger partial charge < -0.3 is 9.80 Å². The van der Waals surface area contributed by atoms with Crippen molar-refractivity contribution >= 4 is 23.2 Å². The number of carbonyl (C=O) groups excluding carboxylic acids is 2. The molecule has 1 aromatic carbocycles. The van der Waals surface area contributed by atoms with Crippen molar-refractivity contribution < 1.29 is 9.59 Å². The molecule has 154 valence electrons. The lowest BCUT2D eigenvalue weighted by Gasteiger charge is -2.38. The van der Waals surface area contributed by atoms with Gasteiger partial charge in [0.15, 0.2) is 0 Å². The predicted octanol–water partition coefficient (Wildman–Crippen LogP) is 4.74. The lowest BCUT2D eigenvalue weighted by molar-refractivity contribution is -0.141. The van der Waals surface area contributed by atoms with E-state index < -0.39 is 0 Å². The van der Waals surface area contributed by atoms with Gasteiger partial charge in [0.1, 0.15) is 6.54 Å². The van der Waals surface area contributed by atoms with Gasteiger partial charge in [-0.3, -0.25) is 9.59 Å². The van der Waals surface area contributed by atoms with E-state index in [4.69, 9.17) is 0 Å². The Morgan fingerprint density at radius 3 is 2.79 bits per heavy atom. The molecular weight excluding hydrogens is 380 g/mol. The Bertz CT molecular complexity index is 873. The Morgan fingerprint density at radius 2 is 2.07 bits per heavy atom. The summed E-state index contributed by atoms with van der Waals surface area (Å²) in [7, 11) is 0. The summed E-state index contributed by atoms with van der Waals surface area (Å²) in [5.74, 6) is 0.0302. The zero-order valence-corrected chi connectivity index (χ0v) is 18.2. The minimum atomic E-state index is -0.0879. The van der Waals surface area contributed by atoms with E-state index in [1.807, 2.05) is 17.0 Å². The molecule has 29 heavy (non-hydrogen) atoms. The van der Waals surface area contributed by atoms with Crippen molar-refractivity contribution in [3.63, 3.8) is 0 Å². The molecule has 2 heterocycles. The Balaban J connectivity index is 1.87. The van der Waals surface area contributed by atoms with Crippen molar-refractivity contribution in [2.75, 3.05) is 19.6 Å². The predicted molar refractivity (Wildman–Crippen MR) is 119 cm³/mol. The van der Waals surface area contributed by atoms with Crippen LogP contribution < -0.4 is 0 Å². The maximum absolute atomic E-state index is 13.4. The summed E-state index contributed by atoms with van der Waals surface area (Å²) in [6.45, 7) is 9.11. The van der Waals surface area contributed by atoms with Crippen LogP contribution in [0.15, 0.2) is 48.4 Å². The number of thiophene rings is 1. The van der Waals surface area contributed by atoms with Crippen molar-refractivity contribution in [3.05, 3.63) is 69.9 Å². The first kappa shape index (κ1) is 21.3. The molecule has 0 radical (unpaired) electrons. The number of rotatable bonds is 8. The van der Waals surface area contributed by atoms with E-state index in [-0.39, 0.29) is 24.4 Å². The fourth-order valence-corrected chi connectivity index (χ4v) is 4.87. The van der Waals surface area contributed by atoms with Crippen LogP contribution in [0, 0.1) is 6.92 Å². The van der Waals surface area contributed by atoms with Crippen molar-refractivity contribution in [3.8, 4) is 0 Å². The second-order valence-corrected chi connectivity index (χ2v) is 8.56. The average Bonchev–Trinajstić information content (AvgIpc) is 3.20. The molecular formula is C24H30N2O2S. The van der Waals surface area contributed by atoms with Gasteiger partial charge in [-0.1, -0.05) is 43.7 Å². The molecule has 0 bridgehead atoms. The summed E-state index contributed by atoms with van der Waals surface area (Å²) in [5, 5.41) is 2.11. The standard InChI is InChI=1S/C24H30N2O2S/c1-4-6-11-22(27)25(14-5-2)17-23(28)26-15-12-21-20(13-16-29-21)24(26)19-10-8-7-9-18(19)3/h5,7-10,13,16,24H,2,4,6,11-12,14-15,17H2,1,3H3/t24-/m1/s1. The van der Waals surface area contributed by atoms with Crippen LogP contribution in [0.25, 0.3) is 0 Å². The van der Waals surface area contributed by atoms with E-state index in [9.17, 15) is 9.59 Å². The first-order chi connectivity index (χ1) is 14.1. The van der Waals surface area contributed by atoms with Crippen LogP contribution in [0.1, 0.15) is 53.8 Å². The molecule has 0 unspecified atom stereocenters. The Labute approximate surface area is 177 Å². The van der Waals surface area contributed by atoms with Crippen LogP contribution in [0.3, 0.4) is 0 Å². The fraction of sp³-hybridized carbons (Fsp3) is 0.417. The first-order valence-electron chi connectivity index (χ1n) is 10.4. The summed E-state index contributed by atoms with van der Waals surface area (Å²) in [6, 6.07) is 10.3. The Hall–Kier alpha value is -2.40. The number of amides is 2. The molecule has 1 aliphatic heterocycles. The highest BCUT2D eigenvalue weighted by Crippen LogP contribution is 2.38. The molecule has 1 aromatic heterocycles. The van der Waals surface area contributed by atoms with E-state index in [0.717, 1.165) is 24.8 Å². The van der Waals surface area contributed by atoms with E-state index in [1.54, 1.807) is 22.3 Å². The molecule has 1 atom stereocenters. The first-order valence-corrected chi connectivity index (χ1v) is 11.2. The maximum Gasteiger partial charge on any atom is 0.243 e. The summed E-state index contributed by atoms with van der Waals surface area (Å²) in [6.07, 6.45) is 4.85. The molecule has 0 spiro atoms. The van der Waals surface area contributed by atoms with Gasteiger partial charge in [-0.25, -0.2) is 0 Å². The average molecular weight is 411 g/mol. The van der Waals surface area contributed by atoms with Crippen LogP contribution in [0.2, 0.25) is 0 Å². The maximum atomic E-state index is 13.4. The van der Waals surface area contributed by atoms with Crippen LogP contribution >= 0.6 is 11.3 Å². The summed E-state index contributed by atoms with van der Waals surface area (Å²) < 4.78 is 0. The molecule has 2 amide bonds. The van der Waals surface area contributed by atoms with Gasteiger partial charge in [0.05, 0.1) is 6.04 Å². The smallest absolute Gasteiger partial charge is 0.243 e. The lowest BCUT2D eigenvalue weighted by Crippen LogP contribution is -2.47. The van der Waals surface area contributed by atoms with Crippen molar-refractivity contribution in [2.24, 2.45) is 0 Å². The number of hydrogen-bond acceptors (Lipinski definition) is 3. The quantitative estimate of drug-likeness (QED) is 0.590. The van der Waals surface area contributed by atoms with Gasteiger partial charge >= 0.3 is 0 Å². The monoisotopic (exact) mass is 410 g/mol. The van der Waals surface area contributed by atoms with Gasteiger partial charge in [0, 0.05) is 24.4 Å². The van der Waals surface area contributed by atoms with Crippen LogP contribution in [-0.4, -0.2) is 41.2 Å². The number of hydrogen-bond donors (Lipinski definition) is 0. The highest BCUT2D eigenvalue weighted by atomic mass is 32.1.